The van der Waals surface area contributed by atoms with Crippen LogP contribution in [-0.4, -0.2) is 34.5 Å². The molecule has 0 bridgehead atoms. The smallest absolute Gasteiger partial charge is 0.229 e. The molecule has 1 saturated carbocycles. The molecule has 3 heterocycles. The van der Waals surface area contributed by atoms with E-state index in [1.165, 1.54) is 24.8 Å². The molecule has 1 aromatic heterocycles. The quantitative estimate of drug-likeness (QED) is 0.842. The Labute approximate surface area is 138 Å². The summed E-state index contributed by atoms with van der Waals surface area (Å²) in [6.45, 7) is 7.20. The molecule has 0 aromatic carbocycles. The maximum Gasteiger partial charge on any atom is 0.229 e. The molecule has 2 aliphatic heterocycles. The van der Waals surface area contributed by atoms with Crippen molar-refractivity contribution in [2.45, 2.75) is 58.3 Å². The number of nitrogens with zero attached hydrogens (tertiary/aromatic N) is 2. The zero-order chi connectivity index (χ0) is 16.2. The fraction of sp³-hybridized carbons (Fsp3) is 0.684. The van der Waals surface area contributed by atoms with Crippen molar-refractivity contribution in [3.05, 3.63) is 30.1 Å². The predicted molar refractivity (Wildman–Crippen MR) is 87.6 cm³/mol. The van der Waals surface area contributed by atoms with Crippen LogP contribution in [0.4, 0.5) is 0 Å². The van der Waals surface area contributed by atoms with Gasteiger partial charge >= 0.3 is 0 Å². The fourth-order valence-corrected chi connectivity index (χ4v) is 4.97. The molecule has 124 valence electrons. The molecule has 1 amide bonds. The summed E-state index contributed by atoms with van der Waals surface area (Å²) in [7, 11) is 0. The average molecular weight is 314 g/mol. The van der Waals surface area contributed by atoms with E-state index in [0.29, 0.717) is 5.41 Å². The highest BCUT2D eigenvalue weighted by Crippen LogP contribution is 2.61. The molecule has 0 N–H and O–H groups in total. The molecule has 3 aliphatic rings. The van der Waals surface area contributed by atoms with Gasteiger partial charge in [0.1, 0.15) is 0 Å². The topological polar surface area (TPSA) is 42.4 Å². The molecule has 3 fully saturated rings. The molecule has 4 nitrogen and oxygen atoms in total. The molecule has 1 spiro atoms. The molecule has 2 saturated heterocycles. The van der Waals surface area contributed by atoms with E-state index in [1.807, 2.05) is 19.3 Å². The highest BCUT2D eigenvalue weighted by atomic mass is 16.5. The summed E-state index contributed by atoms with van der Waals surface area (Å²) in [5.74, 6) is 0.564. The summed E-state index contributed by atoms with van der Waals surface area (Å²) in [5.41, 5.74) is 1.57. The summed E-state index contributed by atoms with van der Waals surface area (Å²) in [6, 6.07) is 4.39. The highest BCUT2D eigenvalue weighted by molar-refractivity contribution is 5.82. The number of carbonyl (C=O) groups excluding carboxylic acids is 1. The van der Waals surface area contributed by atoms with Gasteiger partial charge in [-0.05, 0) is 50.3 Å². The summed E-state index contributed by atoms with van der Waals surface area (Å²) >= 11 is 0. The van der Waals surface area contributed by atoms with Crippen molar-refractivity contribution >= 4 is 5.91 Å². The normalized spacial score (nSPS) is 38.2. The largest absolute Gasteiger partial charge is 0.374 e. The Balaban J connectivity index is 1.60. The SMILES string of the molecule is CC1OC(C)C(C(=O)N2CC3(CCC3)C2c2ccncc2)C1C. The van der Waals surface area contributed by atoms with Gasteiger partial charge in [-0.3, -0.25) is 9.78 Å². The highest BCUT2D eigenvalue weighted by Gasteiger charge is 2.59. The summed E-state index contributed by atoms with van der Waals surface area (Å²) in [4.78, 5) is 19.5. The molecule has 23 heavy (non-hydrogen) atoms. The maximum atomic E-state index is 13.2. The number of carbonyl (C=O) groups is 1. The van der Waals surface area contributed by atoms with Crippen molar-refractivity contribution in [1.29, 1.82) is 0 Å². The van der Waals surface area contributed by atoms with Crippen LogP contribution in [0.5, 0.6) is 0 Å². The Morgan fingerprint density at radius 1 is 1.22 bits per heavy atom. The minimum absolute atomic E-state index is 0.00763. The standard InChI is InChI=1S/C19H26N2O2/c1-12-13(2)23-14(3)16(12)18(22)21-11-19(7-4-8-19)17(21)15-5-9-20-10-6-15/h5-6,9-10,12-14,16-17H,4,7-8,11H2,1-3H3. The van der Waals surface area contributed by atoms with E-state index >= 15 is 0 Å². The summed E-state index contributed by atoms with van der Waals surface area (Å²) in [6.07, 6.45) is 7.64. The van der Waals surface area contributed by atoms with Gasteiger partial charge in [0.05, 0.1) is 24.2 Å². The third kappa shape index (κ3) is 2.14. The van der Waals surface area contributed by atoms with Crippen molar-refractivity contribution < 1.29 is 9.53 Å². The van der Waals surface area contributed by atoms with E-state index in [1.54, 1.807) is 0 Å². The Kier molecular flexibility index (Phi) is 3.49. The monoisotopic (exact) mass is 314 g/mol. The van der Waals surface area contributed by atoms with Gasteiger partial charge in [-0.1, -0.05) is 13.3 Å². The fourth-order valence-electron chi connectivity index (χ4n) is 4.97. The lowest BCUT2D eigenvalue weighted by molar-refractivity contribution is -0.175. The van der Waals surface area contributed by atoms with Crippen LogP contribution < -0.4 is 0 Å². The van der Waals surface area contributed by atoms with Crippen molar-refractivity contribution in [3.63, 3.8) is 0 Å². The van der Waals surface area contributed by atoms with E-state index in [0.717, 1.165) is 6.54 Å². The van der Waals surface area contributed by atoms with Crippen LogP contribution in [0.3, 0.4) is 0 Å². The Morgan fingerprint density at radius 2 is 1.91 bits per heavy atom. The van der Waals surface area contributed by atoms with E-state index < -0.39 is 0 Å². The molecule has 5 atom stereocenters. The van der Waals surface area contributed by atoms with Gasteiger partial charge in [-0.2, -0.15) is 0 Å². The van der Waals surface area contributed by atoms with Gasteiger partial charge in [-0.15, -0.1) is 0 Å². The first-order valence-corrected chi connectivity index (χ1v) is 8.89. The van der Waals surface area contributed by atoms with Gasteiger partial charge in [0.2, 0.25) is 5.91 Å². The van der Waals surface area contributed by atoms with Crippen molar-refractivity contribution in [3.8, 4) is 0 Å². The van der Waals surface area contributed by atoms with Crippen molar-refractivity contribution in [2.75, 3.05) is 6.54 Å². The first-order valence-electron chi connectivity index (χ1n) is 8.89. The van der Waals surface area contributed by atoms with Crippen LogP contribution in [-0.2, 0) is 9.53 Å². The van der Waals surface area contributed by atoms with Crippen LogP contribution in [0, 0.1) is 17.3 Å². The number of hydrogen-bond donors (Lipinski definition) is 0. The zero-order valence-electron chi connectivity index (χ0n) is 14.2. The molecular weight excluding hydrogens is 288 g/mol. The van der Waals surface area contributed by atoms with E-state index in [2.05, 4.69) is 35.9 Å². The number of pyridine rings is 1. The third-order valence-electron chi connectivity index (χ3n) is 6.56. The number of amides is 1. The Morgan fingerprint density at radius 3 is 2.43 bits per heavy atom. The minimum atomic E-state index is -0.00763. The van der Waals surface area contributed by atoms with E-state index in [-0.39, 0.29) is 36.0 Å². The lowest BCUT2D eigenvalue weighted by Crippen LogP contribution is -2.65. The zero-order valence-corrected chi connectivity index (χ0v) is 14.2. The Bertz CT molecular complexity index is 599. The van der Waals surface area contributed by atoms with Gasteiger partial charge in [-0.25, -0.2) is 0 Å². The van der Waals surface area contributed by atoms with Crippen LogP contribution in [0.25, 0.3) is 0 Å². The van der Waals surface area contributed by atoms with Gasteiger partial charge < -0.3 is 9.64 Å². The number of hydrogen-bond acceptors (Lipinski definition) is 3. The molecular formula is C19H26N2O2. The predicted octanol–water partition coefficient (Wildman–Crippen LogP) is 3.19. The van der Waals surface area contributed by atoms with Crippen LogP contribution in [0.1, 0.15) is 51.6 Å². The lowest BCUT2D eigenvalue weighted by Gasteiger charge is -2.63. The molecule has 1 aliphatic carbocycles. The van der Waals surface area contributed by atoms with E-state index in [9.17, 15) is 4.79 Å². The number of ether oxygens (including phenoxy) is 1. The number of likely N-dealkylation sites (tertiary alicyclic amines) is 1. The van der Waals surface area contributed by atoms with Gasteiger partial charge in [0.25, 0.3) is 0 Å². The molecule has 1 aromatic rings. The van der Waals surface area contributed by atoms with Gasteiger partial charge in [0.15, 0.2) is 0 Å². The second-order valence-corrected chi connectivity index (χ2v) is 7.80. The third-order valence-corrected chi connectivity index (χ3v) is 6.56. The first kappa shape index (κ1) is 15.1. The molecule has 5 unspecified atom stereocenters. The average Bonchev–Trinajstić information content (AvgIpc) is 2.70. The first-order chi connectivity index (χ1) is 11.0. The lowest BCUT2D eigenvalue weighted by atomic mass is 9.56. The molecule has 0 radical (unpaired) electrons. The van der Waals surface area contributed by atoms with Crippen molar-refractivity contribution in [2.24, 2.45) is 17.3 Å². The summed E-state index contributed by atoms with van der Waals surface area (Å²) in [5, 5.41) is 0. The van der Waals surface area contributed by atoms with E-state index in [4.69, 9.17) is 4.74 Å². The Hall–Kier alpha value is -1.42. The van der Waals surface area contributed by atoms with Crippen LogP contribution >= 0.6 is 0 Å². The van der Waals surface area contributed by atoms with Crippen molar-refractivity contribution in [1.82, 2.24) is 9.88 Å². The molecule has 4 heteroatoms. The second kappa shape index (κ2) is 5.30. The minimum Gasteiger partial charge on any atom is -0.374 e. The second-order valence-electron chi connectivity index (χ2n) is 7.80. The van der Waals surface area contributed by atoms with Crippen LogP contribution in [0.2, 0.25) is 0 Å². The number of aromatic nitrogens is 1. The molecule has 4 rings (SSSR count). The van der Waals surface area contributed by atoms with Crippen LogP contribution in [0.15, 0.2) is 24.5 Å². The number of rotatable bonds is 2. The summed E-state index contributed by atoms with van der Waals surface area (Å²) < 4.78 is 5.90. The van der Waals surface area contributed by atoms with Gasteiger partial charge in [0, 0.05) is 24.4 Å². The maximum absolute atomic E-state index is 13.2.